The van der Waals surface area contributed by atoms with Gasteiger partial charge in [-0.25, -0.2) is 0 Å². The van der Waals surface area contributed by atoms with Gasteiger partial charge >= 0.3 is 0 Å². The van der Waals surface area contributed by atoms with Crippen LogP contribution in [-0.2, 0) is 9.59 Å². The summed E-state index contributed by atoms with van der Waals surface area (Å²) in [5.74, 6) is -0.0543. The Balaban J connectivity index is 4.29. The van der Waals surface area contributed by atoms with Crippen LogP contribution in [0.4, 0.5) is 0 Å². The smallest absolute Gasteiger partial charge is 0.237 e. The molecular weight excluding hydrogens is 256 g/mol. The Morgan fingerprint density at radius 2 is 1.45 bits per heavy atom. The van der Waals surface area contributed by atoms with E-state index in [2.05, 4.69) is 22.1 Å². The molecule has 0 saturated heterocycles. The second-order valence-corrected chi connectivity index (χ2v) is 5.21. The minimum absolute atomic E-state index is 0.0232. The van der Waals surface area contributed by atoms with Gasteiger partial charge in [-0.05, 0) is 52.5 Å². The first kappa shape index (κ1) is 19.0. The van der Waals surface area contributed by atoms with Gasteiger partial charge in [-0.2, -0.15) is 0 Å². The number of carbonyl (C=O) groups is 2. The van der Waals surface area contributed by atoms with Crippen LogP contribution in [0.15, 0.2) is 0 Å². The summed E-state index contributed by atoms with van der Waals surface area (Å²) < 4.78 is 0. The van der Waals surface area contributed by atoms with Crippen LogP contribution in [0.3, 0.4) is 0 Å². The zero-order valence-corrected chi connectivity index (χ0v) is 13.0. The number of amides is 1. The van der Waals surface area contributed by atoms with Gasteiger partial charge in [0.1, 0.15) is 0 Å². The molecule has 1 amide bonds. The quantitative estimate of drug-likeness (QED) is 0.327. The summed E-state index contributed by atoms with van der Waals surface area (Å²) in [4.78, 5) is 23.7. The van der Waals surface area contributed by atoms with Crippen molar-refractivity contribution < 1.29 is 21.1 Å². The third kappa shape index (κ3) is 8.24. The molecule has 0 aliphatic carbocycles. The number of likely N-dealkylation sites (N-methyl/N-ethyl adjacent to an activating group) is 1. The van der Waals surface area contributed by atoms with Gasteiger partial charge in [-0.15, -0.1) is 0 Å². The van der Waals surface area contributed by atoms with Crippen molar-refractivity contribution in [2.24, 2.45) is 0 Å². The van der Waals surface area contributed by atoms with Crippen molar-refractivity contribution in [3.63, 3.8) is 0 Å². The summed E-state index contributed by atoms with van der Waals surface area (Å²) in [6, 6.07) is -0.589. The predicted molar refractivity (Wildman–Crippen MR) is 78.7 cm³/mol. The zero-order chi connectivity index (χ0) is 15.4. The fourth-order valence-electron chi connectivity index (χ4n) is 2.11. The lowest BCUT2D eigenvalue weighted by molar-refractivity contribution is -0.369. The topological polar surface area (TPSA) is 113 Å². The third-order valence-electron chi connectivity index (χ3n) is 3.46. The van der Waals surface area contributed by atoms with Gasteiger partial charge in [0.2, 0.25) is 5.91 Å². The van der Waals surface area contributed by atoms with Gasteiger partial charge in [-0.3, -0.25) is 9.59 Å². The first-order chi connectivity index (χ1) is 9.56. The molecule has 0 spiro atoms. The SMILES string of the molecule is CNC(CCCC[NH3+])C(=O)NC(CCCC[NH3+])C(C)=O. The Labute approximate surface area is 122 Å². The first-order valence-corrected chi connectivity index (χ1v) is 7.63. The number of rotatable bonds is 12. The number of ketones is 1. The first-order valence-electron chi connectivity index (χ1n) is 7.63. The van der Waals surface area contributed by atoms with E-state index in [0.717, 1.165) is 45.2 Å². The van der Waals surface area contributed by atoms with Crippen molar-refractivity contribution in [3.8, 4) is 0 Å². The van der Waals surface area contributed by atoms with Gasteiger partial charge < -0.3 is 22.1 Å². The molecule has 8 N–H and O–H groups in total. The minimum atomic E-state index is -0.363. The largest absolute Gasteiger partial charge is 0.358 e. The second kappa shape index (κ2) is 11.8. The lowest BCUT2D eigenvalue weighted by Gasteiger charge is -2.20. The molecule has 0 aliphatic heterocycles. The molecule has 0 bridgehead atoms. The molecule has 2 atom stereocenters. The monoisotopic (exact) mass is 288 g/mol. The number of hydrogen-bond acceptors (Lipinski definition) is 3. The molecule has 0 aliphatic rings. The molecule has 0 rings (SSSR count). The molecule has 0 heterocycles. The van der Waals surface area contributed by atoms with E-state index in [0.29, 0.717) is 6.42 Å². The second-order valence-electron chi connectivity index (χ2n) is 5.21. The van der Waals surface area contributed by atoms with E-state index in [1.165, 1.54) is 6.92 Å². The van der Waals surface area contributed by atoms with Crippen molar-refractivity contribution in [2.45, 2.75) is 57.5 Å². The number of Topliss-reactive ketones (excluding diaryl/α,β-unsaturated/α-hetero) is 1. The summed E-state index contributed by atoms with van der Waals surface area (Å²) in [6.45, 7) is 3.29. The number of nitrogens with one attached hydrogen (secondary N) is 2. The van der Waals surface area contributed by atoms with Crippen molar-refractivity contribution in [2.75, 3.05) is 20.1 Å². The molecular formula is C14H32N4O2+2. The summed E-state index contributed by atoms with van der Waals surface area (Å²) in [5, 5.41) is 5.88. The van der Waals surface area contributed by atoms with Crippen molar-refractivity contribution >= 4 is 11.7 Å². The number of carbonyl (C=O) groups excluding carboxylic acids is 2. The highest BCUT2D eigenvalue weighted by atomic mass is 16.2. The van der Waals surface area contributed by atoms with E-state index in [4.69, 9.17) is 0 Å². The normalized spacial score (nSPS) is 13.8. The Morgan fingerprint density at radius 1 is 0.950 bits per heavy atom. The van der Waals surface area contributed by atoms with Crippen LogP contribution < -0.4 is 22.1 Å². The molecule has 0 fully saturated rings. The maximum absolute atomic E-state index is 12.2. The van der Waals surface area contributed by atoms with E-state index in [1.807, 2.05) is 0 Å². The Morgan fingerprint density at radius 3 is 1.85 bits per heavy atom. The average Bonchev–Trinajstić information content (AvgIpc) is 2.42. The molecule has 6 nitrogen and oxygen atoms in total. The fourth-order valence-corrected chi connectivity index (χ4v) is 2.11. The molecule has 118 valence electrons. The van der Waals surface area contributed by atoms with Crippen LogP contribution >= 0.6 is 0 Å². The van der Waals surface area contributed by atoms with Crippen molar-refractivity contribution in [1.82, 2.24) is 10.6 Å². The standard InChI is InChI=1S/C14H30N4O2/c1-11(19)12(7-3-5-9-15)18-14(20)13(17-2)8-4-6-10-16/h12-13,17H,3-10,15-16H2,1-2H3,(H,18,20)/p+2. The van der Waals surface area contributed by atoms with E-state index in [1.54, 1.807) is 7.05 Å². The van der Waals surface area contributed by atoms with Gasteiger partial charge in [0.05, 0.1) is 25.2 Å². The number of quaternary nitrogens is 2. The van der Waals surface area contributed by atoms with Crippen LogP contribution in [0.1, 0.15) is 45.4 Å². The van der Waals surface area contributed by atoms with Crippen LogP contribution in [0, 0.1) is 0 Å². The highest BCUT2D eigenvalue weighted by molar-refractivity contribution is 5.89. The molecule has 0 aromatic carbocycles. The van der Waals surface area contributed by atoms with E-state index >= 15 is 0 Å². The van der Waals surface area contributed by atoms with Gasteiger partial charge in [0, 0.05) is 0 Å². The van der Waals surface area contributed by atoms with Crippen LogP contribution in [0.2, 0.25) is 0 Å². The molecule has 0 aromatic rings. The highest BCUT2D eigenvalue weighted by Crippen LogP contribution is 2.04. The maximum Gasteiger partial charge on any atom is 0.237 e. The van der Waals surface area contributed by atoms with E-state index < -0.39 is 0 Å². The molecule has 0 aromatic heterocycles. The molecule has 2 unspecified atom stereocenters. The summed E-state index contributed by atoms with van der Waals surface area (Å²) >= 11 is 0. The summed E-state index contributed by atoms with van der Waals surface area (Å²) in [5.41, 5.74) is 7.58. The highest BCUT2D eigenvalue weighted by Gasteiger charge is 2.21. The Hall–Kier alpha value is -0.980. The van der Waals surface area contributed by atoms with Crippen LogP contribution in [-0.4, -0.2) is 43.9 Å². The number of unbranched alkanes of at least 4 members (excludes halogenated alkanes) is 2. The van der Waals surface area contributed by atoms with Crippen LogP contribution in [0.5, 0.6) is 0 Å². The van der Waals surface area contributed by atoms with Gasteiger partial charge in [0.25, 0.3) is 0 Å². The zero-order valence-electron chi connectivity index (χ0n) is 13.0. The molecule has 6 heteroatoms. The van der Waals surface area contributed by atoms with Crippen LogP contribution in [0.25, 0.3) is 0 Å². The number of hydrogen-bond donors (Lipinski definition) is 4. The third-order valence-corrected chi connectivity index (χ3v) is 3.46. The lowest BCUT2D eigenvalue weighted by atomic mass is 10.0. The average molecular weight is 288 g/mol. The molecule has 20 heavy (non-hydrogen) atoms. The van der Waals surface area contributed by atoms with E-state index in [-0.39, 0.29) is 23.8 Å². The Kier molecular flexibility index (Phi) is 11.2. The maximum atomic E-state index is 12.2. The predicted octanol–water partition coefficient (Wildman–Crippen LogP) is -1.53. The molecule has 0 saturated carbocycles. The van der Waals surface area contributed by atoms with Gasteiger partial charge in [0.15, 0.2) is 5.78 Å². The Bertz CT molecular complexity index is 284. The van der Waals surface area contributed by atoms with Crippen molar-refractivity contribution in [3.05, 3.63) is 0 Å². The van der Waals surface area contributed by atoms with Crippen molar-refractivity contribution in [1.29, 1.82) is 0 Å². The fraction of sp³-hybridized carbons (Fsp3) is 0.857. The van der Waals surface area contributed by atoms with Gasteiger partial charge in [-0.1, -0.05) is 0 Å². The minimum Gasteiger partial charge on any atom is -0.358 e. The lowest BCUT2D eigenvalue weighted by Crippen LogP contribution is -2.51. The summed E-state index contributed by atoms with van der Waals surface area (Å²) in [7, 11) is 1.78. The van der Waals surface area contributed by atoms with E-state index in [9.17, 15) is 9.59 Å². The molecule has 0 radical (unpaired) electrons. The summed E-state index contributed by atoms with van der Waals surface area (Å²) in [6.07, 6.45) is 5.37.